The standard InChI is InChI=1S/C28H33NO3S/c1-3-4-5-9-18-28(19-10-11-24(30)20-28)22-29(21-23-14-16-25(32-2)17-15-23)27(31)33-26-12-7-6-8-13-26/h3,6-8,10-17H,1,4-5,9,18-22H2,2H3/t28-/m1/s1. The van der Waals surface area contributed by atoms with Crippen LogP contribution >= 0.6 is 11.8 Å². The number of benzene rings is 2. The Kier molecular flexibility index (Phi) is 9.37. The van der Waals surface area contributed by atoms with Crippen LogP contribution in [0.4, 0.5) is 4.79 Å². The molecule has 0 saturated heterocycles. The number of ketones is 1. The van der Waals surface area contributed by atoms with E-state index in [-0.39, 0.29) is 16.4 Å². The number of hydrogen-bond donors (Lipinski definition) is 0. The highest BCUT2D eigenvalue weighted by Gasteiger charge is 2.36. The van der Waals surface area contributed by atoms with Gasteiger partial charge in [0.1, 0.15) is 5.75 Å². The van der Waals surface area contributed by atoms with Crippen LogP contribution in [0.3, 0.4) is 0 Å². The number of carbonyl (C=O) groups is 2. The van der Waals surface area contributed by atoms with Crippen LogP contribution in [0.25, 0.3) is 0 Å². The summed E-state index contributed by atoms with van der Waals surface area (Å²) >= 11 is 1.24. The van der Waals surface area contributed by atoms with Gasteiger partial charge in [-0.2, -0.15) is 0 Å². The summed E-state index contributed by atoms with van der Waals surface area (Å²) < 4.78 is 5.28. The lowest BCUT2D eigenvalue weighted by atomic mass is 9.72. The molecule has 0 aliphatic heterocycles. The van der Waals surface area contributed by atoms with Crippen molar-refractivity contribution >= 4 is 22.8 Å². The Morgan fingerprint density at radius 3 is 2.58 bits per heavy atom. The average Bonchev–Trinajstić information content (AvgIpc) is 2.83. The molecular weight excluding hydrogens is 430 g/mol. The zero-order valence-electron chi connectivity index (χ0n) is 19.4. The lowest BCUT2D eigenvalue weighted by molar-refractivity contribution is -0.117. The van der Waals surface area contributed by atoms with E-state index < -0.39 is 0 Å². The highest BCUT2D eigenvalue weighted by molar-refractivity contribution is 8.13. The summed E-state index contributed by atoms with van der Waals surface area (Å²) in [6.45, 7) is 4.87. The van der Waals surface area contributed by atoms with Crippen molar-refractivity contribution in [3.63, 3.8) is 0 Å². The van der Waals surface area contributed by atoms with Crippen molar-refractivity contribution in [3.8, 4) is 5.75 Å². The monoisotopic (exact) mass is 463 g/mol. The summed E-state index contributed by atoms with van der Waals surface area (Å²) in [6, 6.07) is 17.6. The van der Waals surface area contributed by atoms with Gasteiger partial charge in [0, 0.05) is 24.4 Å². The van der Waals surface area contributed by atoms with Gasteiger partial charge in [0.15, 0.2) is 5.78 Å². The molecule has 1 aliphatic carbocycles. The number of rotatable bonds is 11. The number of ether oxygens (including phenoxy) is 1. The Labute approximate surface area is 201 Å². The van der Waals surface area contributed by atoms with E-state index in [9.17, 15) is 9.59 Å². The fraction of sp³-hybridized carbons (Fsp3) is 0.357. The molecule has 1 amide bonds. The fourth-order valence-electron chi connectivity index (χ4n) is 4.31. The van der Waals surface area contributed by atoms with Crippen LogP contribution in [0.15, 0.2) is 84.3 Å². The van der Waals surface area contributed by atoms with Crippen LogP contribution in [-0.4, -0.2) is 29.6 Å². The Hall–Kier alpha value is -2.79. The van der Waals surface area contributed by atoms with Gasteiger partial charge < -0.3 is 9.64 Å². The molecule has 0 unspecified atom stereocenters. The molecule has 4 nitrogen and oxygen atoms in total. The van der Waals surface area contributed by atoms with Gasteiger partial charge in [-0.05, 0) is 78.8 Å². The van der Waals surface area contributed by atoms with Gasteiger partial charge in [0.2, 0.25) is 0 Å². The summed E-state index contributed by atoms with van der Waals surface area (Å²) in [4.78, 5) is 28.7. The lowest BCUT2D eigenvalue weighted by Gasteiger charge is -2.39. The summed E-state index contributed by atoms with van der Waals surface area (Å²) in [7, 11) is 1.64. The maximum Gasteiger partial charge on any atom is 0.286 e. The first kappa shape index (κ1) is 24.8. The van der Waals surface area contributed by atoms with E-state index in [1.807, 2.05) is 71.6 Å². The van der Waals surface area contributed by atoms with E-state index in [1.165, 1.54) is 11.8 Å². The number of amides is 1. The van der Waals surface area contributed by atoms with E-state index in [0.717, 1.165) is 48.3 Å². The van der Waals surface area contributed by atoms with Gasteiger partial charge in [-0.3, -0.25) is 9.59 Å². The van der Waals surface area contributed by atoms with Crippen molar-refractivity contribution in [2.45, 2.75) is 50.0 Å². The Morgan fingerprint density at radius 1 is 1.15 bits per heavy atom. The minimum Gasteiger partial charge on any atom is -0.497 e. The summed E-state index contributed by atoms with van der Waals surface area (Å²) in [6.07, 6.45) is 10.9. The zero-order valence-corrected chi connectivity index (χ0v) is 20.2. The second-order valence-corrected chi connectivity index (χ2v) is 9.69. The second kappa shape index (κ2) is 12.4. The van der Waals surface area contributed by atoms with Crippen LogP contribution in [0.1, 0.15) is 44.1 Å². The molecule has 5 heteroatoms. The predicted octanol–water partition coefficient (Wildman–Crippen LogP) is 7.06. The third-order valence-corrected chi connectivity index (χ3v) is 6.98. The smallest absolute Gasteiger partial charge is 0.286 e. The summed E-state index contributed by atoms with van der Waals surface area (Å²) in [5, 5.41) is 0.00415. The van der Waals surface area contributed by atoms with E-state index in [1.54, 1.807) is 13.2 Å². The Morgan fingerprint density at radius 2 is 1.91 bits per heavy atom. The van der Waals surface area contributed by atoms with Gasteiger partial charge in [-0.15, -0.1) is 6.58 Å². The topological polar surface area (TPSA) is 46.6 Å². The number of allylic oxidation sites excluding steroid dienone is 3. The number of thioether (sulfide) groups is 1. The van der Waals surface area contributed by atoms with Crippen molar-refractivity contribution in [2.24, 2.45) is 5.41 Å². The van der Waals surface area contributed by atoms with E-state index >= 15 is 0 Å². The van der Waals surface area contributed by atoms with E-state index in [4.69, 9.17) is 4.74 Å². The normalized spacial score (nSPS) is 17.5. The van der Waals surface area contributed by atoms with Crippen molar-refractivity contribution in [2.75, 3.05) is 13.7 Å². The van der Waals surface area contributed by atoms with Crippen LogP contribution in [-0.2, 0) is 11.3 Å². The van der Waals surface area contributed by atoms with Crippen LogP contribution in [0, 0.1) is 5.41 Å². The number of nitrogens with zero attached hydrogens (tertiary/aromatic N) is 1. The van der Waals surface area contributed by atoms with Crippen LogP contribution < -0.4 is 4.74 Å². The molecule has 0 heterocycles. The summed E-state index contributed by atoms with van der Waals surface area (Å²) in [5.74, 6) is 0.939. The van der Waals surface area contributed by atoms with Gasteiger partial charge in [0.25, 0.3) is 5.24 Å². The Balaban J connectivity index is 1.82. The summed E-state index contributed by atoms with van der Waals surface area (Å²) in [5.41, 5.74) is 0.809. The van der Waals surface area contributed by atoms with Crippen LogP contribution in [0.5, 0.6) is 5.75 Å². The molecule has 0 bridgehead atoms. The van der Waals surface area contributed by atoms with Gasteiger partial charge in [-0.1, -0.05) is 48.9 Å². The first-order valence-electron chi connectivity index (χ1n) is 11.5. The van der Waals surface area contributed by atoms with Crippen molar-refractivity contribution in [3.05, 3.63) is 85.0 Å². The van der Waals surface area contributed by atoms with Crippen molar-refractivity contribution in [1.82, 2.24) is 4.90 Å². The molecule has 2 aromatic rings. The molecule has 0 aromatic heterocycles. The highest BCUT2D eigenvalue weighted by atomic mass is 32.2. The van der Waals surface area contributed by atoms with Crippen LogP contribution in [0.2, 0.25) is 0 Å². The molecule has 0 saturated carbocycles. The molecule has 33 heavy (non-hydrogen) atoms. The molecule has 1 atom stereocenters. The highest BCUT2D eigenvalue weighted by Crippen LogP contribution is 2.39. The van der Waals surface area contributed by atoms with E-state index in [0.29, 0.717) is 19.5 Å². The quantitative estimate of drug-likeness (QED) is 0.203. The number of carbonyl (C=O) groups excluding carboxylic acids is 2. The van der Waals surface area contributed by atoms with E-state index in [2.05, 4.69) is 6.58 Å². The number of methoxy groups -OCH3 is 1. The van der Waals surface area contributed by atoms with Gasteiger partial charge in [-0.25, -0.2) is 0 Å². The molecule has 0 radical (unpaired) electrons. The number of unbranched alkanes of at least 4 members (excludes halogenated alkanes) is 2. The first-order valence-corrected chi connectivity index (χ1v) is 12.3. The molecule has 0 fully saturated rings. The van der Waals surface area contributed by atoms with Crippen molar-refractivity contribution < 1.29 is 14.3 Å². The maximum atomic E-state index is 13.5. The van der Waals surface area contributed by atoms with Gasteiger partial charge in [0.05, 0.1) is 7.11 Å². The molecular formula is C28H33NO3S. The third-order valence-electron chi connectivity index (χ3n) is 6.03. The number of hydrogen-bond acceptors (Lipinski definition) is 4. The molecule has 2 aromatic carbocycles. The molecule has 174 valence electrons. The Bertz CT molecular complexity index is 955. The average molecular weight is 464 g/mol. The SMILES string of the molecule is C=CCCCC[C@@]1(CN(Cc2ccc(OC)cc2)C(=O)Sc2ccccc2)CC=CC(=O)C1. The molecule has 0 spiro atoms. The molecule has 0 N–H and O–H groups in total. The second-order valence-electron chi connectivity index (χ2n) is 8.67. The molecule has 3 rings (SSSR count). The molecule has 1 aliphatic rings. The largest absolute Gasteiger partial charge is 0.497 e. The zero-order chi connectivity index (χ0) is 23.5. The van der Waals surface area contributed by atoms with Gasteiger partial charge >= 0.3 is 0 Å². The first-order chi connectivity index (χ1) is 16.0. The third kappa shape index (κ3) is 7.64. The fourth-order valence-corrected chi connectivity index (χ4v) is 5.07. The minimum absolute atomic E-state index is 0.00415. The van der Waals surface area contributed by atoms with Crippen molar-refractivity contribution in [1.29, 1.82) is 0 Å². The lowest BCUT2D eigenvalue weighted by Crippen LogP contribution is -2.41. The maximum absolute atomic E-state index is 13.5. The predicted molar refractivity (Wildman–Crippen MR) is 136 cm³/mol. The minimum atomic E-state index is -0.230.